The molecule has 0 bridgehead atoms. The van der Waals surface area contributed by atoms with Crippen LogP contribution in [0.5, 0.6) is 0 Å². The molecule has 0 saturated carbocycles. The van der Waals surface area contributed by atoms with Crippen LogP contribution in [0, 0.1) is 6.92 Å². The second kappa shape index (κ2) is 11.2. The van der Waals surface area contributed by atoms with Crippen molar-refractivity contribution >= 4 is 25.3 Å². The van der Waals surface area contributed by atoms with Crippen molar-refractivity contribution < 1.29 is 28.4 Å². The maximum Gasteiger partial charge on any atom is 0.492 e. The van der Waals surface area contributed by atoms with Gasteiger partial charge in [0.05, 0.1) is 23.9 Å². The Morgan fingerprint density at radius 3 is 2.10 bits per heavy atom. The van der Waals surface area contributed by atoms with Gasteiger partial charge in [0.15, 0.2) is 0 Å². The molecule has 0 spiro atoms. The molecular formula is C33H36BNO6. The topological polar surface area (TPSA) is 83.1 Å². The van der Waals surface area contributed by atoms with Crippen LogP contribution in [0.4, 0.5) is 4.79 Å². The molecule has 41 heavy (non-hydrogen) atoms. The maximum absolute atomic E-state index is 13.0. The molecule has 8 heteroatoms. The molecular weight excluding hydrogens is 517 g/mol. The number of aryl methyl sites for hydroxylation is 1. The van der Waals surface area contributed by atoms with Crippen LogP contribution in [0.3, 0.4) is 0 Å². The lowest BCUT2D eigenvalue weighted by molar-refractivity contribution is 0.00578. The van der Waals surface area contributed by atoms with Crippen LogP contribution in [0.25, 0.3) is 17.2 Å². The van der Waals surface area contributed by atoms with Crippen LogP contribution in [-0.2, 0) is 18.8 Å². The molecule has 0 atom stereocenters. The fourth-order valence-electron chi connectivity index (χ4n) is 5.32. The number of benzene rings is 3. The minimum absolute atomic E-state index is 0.0406. The number of methoxy groups -OCH3 is 1. The van der Waals surface area contributed by atoms with Crippen LogP contribution in [0.1, 0.15) is 66.2 Å². The zero-order chi connectivity index (χ0) is 29.4. The average Bonchev–Trinajstić information content (AvgIpc) is 3.38. The molecule has 1 fully saturated rings. The number of amides is 1. The summed E-state index contributed by atoms with van der Waals surface area (Å²) in [7, 11) is 0.615. The molecule has 1 amide bonds. The van der Waals surface area contributed by atoms with Crippen molar-refractivity contribution in [2.45, 2.75) is 51.7 Å². The van der Waals surface area contributed by atoms with E-state index >= 15 is 0 Å². The van der Waals surface area contributed by atoms with E-state index in [4.69, 9.17) is 18.8 Å². The van der Waals surface area contributed by atoms with Gasteiger partial charge in [-0.3, -0.25) is 0 Å². The molecule has 5 rings (SSSR count). The number of rotatable bonds is 7. The SMILES string of the molecule is COC(=O)c1ccc(C)cc1C=C(CNC(=O)OCC1c2ccccc2-c2ccccc21)B1OC(C)(C)C(C)(C)O1. The van der Waals surface area contributed by atoms with Crippen molar-refractivity contribution in [1.29, 1.82) is 0 Å². The summed E-state index contributed by atoms with van der Waals surface area (Å²) in [5.41, 5.74) is 6.14. The van der Waals surface area contributed by atoms with E-state index in [1.807, 2.05) is 77.1 Å². The molecule has 0 aromatic heterocycles. The second-order valence-corrected chi connectivity index (χ2v) is 11.6. The van der Waals surface area contributed by atoms with Crippen molar-refractivity contribution in [1.82, 2.24) is 5.32 Å². The Balaban J connectivity index is 1.36. The number of esters is 1. The number of carbonyl (C=O) groups is 2. The van der Waals surface area contributed by atoms with E-state index in [9.17, 15) is 9.59 Å². The monoisotopic (exact) mass is 553 g/mol. The van der Waals surface area contributed by atoms with Crippen molar-refractivity contribution in [3.63, 3.8) is 0 Å². The molecule has 3 aromatic carbocycles. The number of ether oxygens (including phenoxy) is 2. The van der Waals surface area contributed by atoms with Gasteiger partial charge in [0.2, 0.25) is 0 Å². The smallest absolute Gasteiger partial charge is 0.465 e. The molecule has 2 aliphatic rings. The van der Waals surface area contributed by atoms with Gasteiger partial charge >= 0.3 is 19.2 Å². The largest absolute Gasteiger partial charge is 0.492 e. The summed E-state index contributed by atoms with van der Waals surface area (Å²) in [5, 5.41) is 2.88. The quantitative estimate of drug-likeness (QED) is 0.272. The Morgan fingerprint density at radius 1 is 0.927 bits per heavy atom. The summed E-state index contributed by atoms with van der Waals surface area (Å²) in [5.74, 6) is -0.491. The van der Waals surface area contributed by atoms with Crippen LogP contribution in [0.2, 0.25) is 0 Å². The number of nitrogens with one attached hydrogen (secondary N) is 1. The summed E-state index contributed by atoms with van der Waals surface area (Å²) in [6.07, 6.45) is 1.28. The normalized spacial score (nSPS) is 17.1. The molecule has 1 N–H and O–H groups in total. The molecule has 1 heterocycles. The predicted molar refractivity (Wildman–Crippen MR) is 160 cm³/mol. The number of carbonyl (C=O) groups excluding carboxylic acids is 2. The first kappa shape index (κ1) is 28.6. The third-order valence-corrected chi connectivity index (χ3v) is 8.29. The number of hydrogen-bond donors (Lipinski definition) is 1. The Morgan fingerprint density at radius 2 is 1.51 bits per heavy atom. The molecule has 212 valence electrons. The summed E-state index contributed by atoms with van der Waals surface area (Å²) in [6, 6.07) is 21.9. The Bertz CT molecular complexity index is 1450. The highest BCUT2D eigenvalue weighted by Crippen LogP contribution is 2.44. The number of hydrogen-bond acceptors (Lipinski definition) is 6. The molecule has 0 unspecified atom stereocenters. The van der Waals surface area contributed by atoms with Crippen molar-refractivity contribution in [3.8, 4) is 11.1 Å². The van der Waals surface area contributed by atoms with E-state index in [1.54, 1.807) is 6.07 Å². The maximum atomic E-state index is 13.0. The third-order valence-electron chi connectivity index (χ3n) is 8.29. The first-order valence-electron chi connectivity index (χ1n) is 13.8. The summed E-state index contributed by atoms with van der Waals surface area (Å²) >= 11 is 0. The van der Waals surface area contributed by atoms with E-state index in [0.717, 1.165) is 16.7 Å². The van der Waals surface area contributed by atoms with Crippen molar-refractivity contribution in [2.24, 2.45) is 0 Å². The van der Waals surface area contributed by atoms with Gasteiger partial charge in [-0.15, -0.1) is 0 Å². The lowest BCUT2D eigenvalue weighted by Gasteiger charge is -2.32. The minimum Gasteiger partial charge on any atom is -0.465 e. The highest BCUT2D eigenvalue weighted by Gasteiger charge is 2.52. The van der Waals surface area contributed by atoms with Crippen molar-refractivity contribution in [2.75, 3.05) is 20.3 Å². The number of fused-ring (bicyclic) bond motifs is 3. The predicted octanol–water partition coefficient (Wildman–Crippen LogP) is 6.34. The molecule has 1 saturated heterocycles. The van der Waals surface area contributed by atoms with E-state index in [2.05, 4.69) is 29.6 Å². The highest BCUT2D eigenvalue weighted by atomic mass is 16.7. The first-order valence-corrected chi connectivity index (χ1v) is 13.8. The zero-order valence-corrected chi connectivity index (χ0v) is 24.4. The first-order chi connectivity index (χ1) is 19.5. The summed E-state index contributed by atoms with van der Waals surface area (Å²) in [6.45, 7) is 10.1. The average molecular weight is 553 g/mol. The van der Waals surface area contributed by atoms with Gasteiger partial charge in [-0.1, -0.05) is 72.3 Å². The summed E-state index contributed by atoms with van der Waals surface area (Å²) < 4.78 is 23.4. The summed E-state index contributed by atoms with van der Waals surface area (Å²) in [4.78, 5) is 25.5. The molecule has 1 aliphatic heterocycles. The van der Waals surface area contributed by atoms with Gasteiger partial charge in [-0.05, 0) is 74.0 Å². The third kappa shape index (κ3) is 5.67. The Hall–Kier alpha value is -3.88. The van der Waals surface area contributed by atoms with Gasteiger partial charge in [0.1, 0.15) is 6.61 Å². The van der Waals surface area contributed by atoms with Crippen molar-refractivity contribution in [3.05, 3.63) is 100 Å². The Kier molecular flexibility index (Phi) is 7.81. The van der Waals surface area contributed by atoms with E-state index in [1.165, 1.54) is 18.2 Å². The minimum atomic E-state index is -0.736. The lowest BCUT2D eigenvalue weighted by atomic mass is 9.76. The molecule has 7 nitrogen and oxygen atoms in total. The second-order valence-electron chi connectivity index (χ2n) is 11.6. The highest BCUT2D eigenvalue weighted by molar-refractivity contribution is 6.56. The standard InChI is InChI=1S/C33H36BNO6/c1-21-15-16-24(30(36)38-6)22(17-21)18-23(34-40-32(2,3)33(4,5)41-34)19-35-31(37)39-20-29-27-13-9-7-11-25(27)26-12-8-10-14-28(26)29/h7-18,29H,19-20H2,1-6H3,(H,35,37). The van der Waals surface area contributed by atoms with E-state index in [0.29, 0.717) is 16.6 Å². The zero-order valence-electron chi connectivity index (χ0n) is 24.4. The van der Waals surface area contributed by atoms with Crippen LogP contribution in [-0.4, -0.2) is 50.6 Å². The Labute approximate surface area is 242 Å². The van der Waals surface area contributed by atoms with Crippen LogP contribution >= 0.6 is 0 Å². The fraction of sp³-hybridized carbons (Fsp3) is 0.333. The molecule has 0 radical (unpaired) electrons. The molecule has 1 aliphatic carbocycles. The van der Waals surface area contributed by atoms with Gasteiger partial charge in [-0.2, -0.15) is 0 Å². The fourth-order valence-corrected chi connectivity index (χ4v) is 5.32. The van der Waals surface area contributed by atoms with Gasteiger partial charge < -0.3 is 24.1 Å². The molecule has 3 aromatic rings. The van der Waals surface area contributed by atoms with E-state index < -0.39 is 30.4 Å². The van der Waals surface area contributed by atoms with Gasteiger partial charge in [-0.25, -0.2) is 9.59 Å². The van der Waals surface area contributed by atoms with Gasteiger partial charge in [0.25, 0.3) is 0 Å². The van der Waals surface area contributed by atoms with Gasteiger partial charge in [0, 0.05) is 12.5 Å². The van der Waals surface area contributed by atoms with Crippen LogP contribution < -0.4 is 5.32 Å². The number of alkyl carbamates (subject to hydrolysis) is 1. The van der Waals surface area contributed by atoms with Crippen LogP contribution in [0.15, 0.2) is 72.2 Å². The lowest BCUT2D eigenvalue weighted by Crippen LogP contribution is -2.41. The van der Waals surface area contributed by atoms with E-state index in [-0.39, 0.29) is 19.1 Å².